The topological polar surface area (TPSA) is 58.6 Å². The molecule has 5 heteroatoms. The van der Waals surface area contributed by atoms with Crippen molar-refractivity contribution in [3.8, 4) is 5.75 Å². The van der Waals surface area contributed by atoms with Crippen LogP contribution in [0.3, 0.4) is 0 Å². The molecule has 0 aliphatic rings. The molecule has 0 aliphatic heterocycles. The Kier molecular flexibility index (Phi) is 6.49. The van der Waals surface area contributed by atoms with Gasteiger partial charge in [-0.15, -0.1) is 0 Å². The third kappa shape index (κ3) is 4.49. The summed E-state index contributed by atoms with van der Waals surface area (Å²) in [7, 11) is 0. The number of aryl methyl sites for hydroxylation is 1. The Bertz CT molecular complexity index is 476. The van der Waals surface area contributed by atoms with Gasteiger partial charge in [-0.05, 0) is 44.9 Å². The molecule has 0 radical (unpaired) electrons. The molecule has 1 amide bonds. The molecule has 0 saturated carbocycles. The van der Waals surface area contributed by atoms with E-state index >= 15 is 0 Å². The van der Waals surface area contributed by atoms with Crippen molar-refractivity contribution < 1.29 is 14.6 Å². The number of aliphatic hydroxyl groups is 1. The lowest BCUT2D eigenvalue weighted by molar-refractivity contribution is -0.127. The summed E-state index contributed by atoms with van der Waals surface area (Å²) in [5.41, 5.74) is 1.55. The van der Waals surface area contributed by atoms with E-state index in [0.29, 0.717) is 11.3 Å². The van der Waals surface area contributed by atoms with Crippen LogP contribution in [0.25, 0.3) is 0 Å². The van der Waals surface area contributed by atoms with Crippen LogP contribution >= 0.6 is 15.9 Å². The molecule has 0 aromatic heterocycles. The summed E-state index contributed by atoms with van der Waals surface area (Å²) in [4.78, 5) is 12.0. The van der Waals surface area contributed by atoms with Gasteiger partial charge < -0.3 is 15.2 Å². The Hall–Kier alpha value is -1.07. The van der Waals surface area contributed by atoms with Crippen LogP contribution in [0.1, 0.15) is 38.3 Å². The lowest BCUT2D eigenvalue weighted by Gasteiger charge is -2.20. The van der Waals surface area contributed by atoms with E-state index in [4.69, 9.17) is 4.74 Å². The summed E-state index contributed by atoms with van der Waals surface area (Å²) < 4.78 is 6.61. The van der Waals surface area contributed by atoms with Gasteiger partial charge in [0.25, 0.3) is 5.91 Å². The predicted molar refractivity (Wildman–Crippen MR) is 82.8 cm³/mol. The van der Waals surface area contributed by atoms with E-state index in [1.807, 2.05) is 26.8 Å². The maximum atomic E-state index is 12.0. The quantitative estimate of drug-likeness (QED) is 0.834. The lowest BCUT2D eigenvalue weighted by atomic mass is 10.1. The van der Waals surface area contributed by atoms with Crippen LogP contribution in [-0.4, -0.2) is 23.2 Å². The van der Waals surface area contributed by atoms with Gasteiger partial charge in [0.2, 0.25) is 0 Å². The highest BCUT2D eigenvalue weighted by Gasteiger charge is 2.19. The molecule has 0 heterocycles. The van der Waals surface area contributed by atoms with Crippen LogP contribution < -0.4 is 10.1 Å². The summed E-state index contributed by atoms with van der Waals surface area (Å²) >= 11 is 3.38. The second-order valence-corrected chi connectivity index (χ2v) is 5.86. The zero-order valence-electron chi connectivity index (χ0n) is 12.4. The second kappa shape index (κ2) is 7.64. The number of hydrogen-bond acceptors (Lipinski definition) is 3. The highest BCUT2D eigenvalue weighted by Crippen LogP contribution is 2.29. The van der Waals surface area contributed by atoms with Gasteiger partial charge in [0.15, 0.2) is 6.10 Å². The number of nitrogens with one attached hydrogen (secondary N) is 1. The first kappa shape index (κ1) is 17.0. The van der Waals surface area contributed by atoms with Crippen molar-refractivity contribution in [2.75, 3.05) is 0 Å². The SMILES string of the molecule is CCC(C)NC(=O)C(C)Oc1c(C)cc(Br)cc1CO. The van der Waals surface area contributed by atoms with Gasteiger partial charge in [0.1, 0.15) is 5.75 Å². The van der Waals surface area contributed by atoms with E-state index in [1.54, 1.807) is 13.0 Å². The number of amides is 1. The minimum Gasteiger partial charge on any atom is -0.480 e. The van der Waals surface area contributed by atoms with Gasteiger partial charge in [-0.2, -0.15) is 0 Å². The van der Waals surface area contributed by atoms with Crippen LogP contribution in [0.15, 0.2) is 16.6 Å². The van der Waals surface area contributed by atoms with Gasteiger partial charge in [0.05, 0.1) is 6.61 Å². The Morgan fingerprint density at radius 1 is 1.45 bits per heavy atom. The number of ether oxygens (including phenoxy) is 1. The molecule has 1 aromatic carbocycles. The molecule has 2 atom stereocenters. The monoisotopic (exact) mass is 343 g/mol. The van der Waals surface area contributed by atoms with Crippen molar-refractivity contribution in [1.82, 2.24) is 5.32 Å². The highest BCUT2D eigenvalue weighted by atomic mass is 79.9. The third-order valence-electron chi connectivity index (χ3n) is 3.15. The van der Waals surface area contributed by atoms with Crippen LogP contribution in [0.2, 0.25) is 0 Å². The summed E-state index contributed by atoms with van der Waals surface area (Å²) in [6.07, 6.45) is 0.270. The highest BCUT2D eigenvalue weighted by molar-refractivity contribution is 9.10. The first-order chi connectivity index (χ1) is 9.38. The van der Waals surface area contributed by atoms with Gasteiger partial charge in [-0.3, -0.25) is 4.79 Å². The van der Waals surface area contributed by atoms with Crippen LogP contribution in [-0.2, 0) is 11.4 Å². The number of rotatable bonds is 6. The largest absolute Gasteiger partial charge is 0.480 e. The molecule has 0 fully saturated rings. The summed E-state index contributed by atoms with van der Waals surface area (Å²) in [6, 6.07) is 3.81. The maximum Gasteiger partial charge on any atom is 0.260 e. The first-order valence-electron chi connectivity index (χ1n) is 6.75. The predicted octanol–water partition coefficient (Wildman–Crippen LogP) is 2.93. The number of halogens is 1. The Labute approximate surface area is 128 Å². The molecular formula is C15H22BrNO3. The van der Waals surface area contributed by atoms with E-state index in [0.717, 1.165) is 16.5 Å². The molecule has 0 bridgehead atoms. The molecule has 1 aromatic rings. The van der Waals surface area contributed by atoms with Crippen molar-refractivity contribution in [1.29, 1.82) is 0 Å². The molecule has 20 heavy (non-hydrogen) atoms. The van der Waals surface area contributed by atoms with E-state index in [1.165, 1.54) is 0 Å². The van der Waals surface area contributed by atoms with E-state index < -0.39 is 6.10 Å². The molecule has 0 saturated heterocycles. The number of carbonyl (C=O) groups excluding carboxylic acids is 1. The molecule has 2 N–H and O–H groups in total. The Balaban J connectivity index is 2.85. The number of hydrogen-bond donors (Lipinski definition) is 2. The number of carbonyl (C=O) groups is 1. The molecule has 0 spiro atoms. The van der Waals surface area contributed by atoms with Crippen molar-refractivity contribution >= 4 is 21.8 Å². The summed E-state index contributed by atoms with van der Waals surface area (Å²) in [5.74, 6) is 0.424. The lowest BCUT2D eigenvalue weighted by Crippen LogP contribution is -2.41. The number of benzene rings is 1. The van der Waals surface area contributed by atoms with Crippen molar-refractivity contribution in [3.05, 3.63) is 27.7 Å². The third-order valence-corrected chi connectivity index (χ3v) is 3.61. The smallest absolute Gasteiger partial charge is 0.260 e. The van der Waals surface area contributed by atoms with Crippen molar-refractivity contribution in [2.45, 2.75) is 52.9 Å². The van der Waals surface area contributed by atoms with Crippen molar-refractivity contribution in [2.24, 2.45) is 0 Å². The second-order valence-electron chi connectivity index (χ2n) is 4.95. The average Bonchev–Trinajstić information content (AvgIpc) is 2.40. The van der Waals surface area contributed by atoms with Crippen LogP contribution in [0.5, 0.6) is 5.75 Å². The molecule has 112 valence electrons. The fourth-order valence-electron chi connectivity index (χ4n) is 1.78. The molecule has 1 rings (SSSR count). The molecule has 2 unspecified atom stereocenters. The molecule has 4 nitrogen and oxygen atoms in total. The fourth-order valence-corrected chi connectivity index (χ4v) is 2.40. The van der Waals surface area contributed by atoms with E-state index in [9.17, 15) is 9.90 Å². The van der Waals surface area contributed by atoms with Crippen LogP contribution in [0.4, 0.5) is 0 Å². The zero-order valence-corrected chi connectivity index (χ0v) is 14.0. The minimum absolute atomic E-state index is 0.122. The van der Waals surface area contributed by atoms with Gasteiger partial charge >= 0.3 is 0 Å². The standard InChI is InChI=1S/C15H22BrNO3/c1-5-10(3)17-15(19)11(4)20-14-9(2)6-13(16)7-12(14)8-18/h6-7,10-11,18H,5,8H2,1-4H3,(H,17,19). The maximum absolute atomic E-state index is 12.0. The van der Waals surface area contributed by atoms with Gasteiger partial charge in [0, 0.05) is 16.1 Å². The summed E-state index contributed by atoms with van der Waals surface area (Å²) in [6.45, 7) is 7.43. The Morgan fingerprint density at radius 3 is 2.65 bits per heavy atom. The normalized spacial score (nSPS) is 13.7. The summed E-state index contributed by atoms with van der Waals surface area (Å²) in [5, 5.41) is 12.3. The van der Waals surface area contributed by atoms with E-state index in [-0.39, 0.29) is 18.6 Å². The average molecular weight is 344 g/mol. The number of aliphatic hydroxyl groups excluding tert-OH is 1. The minimum atomic E-state index is -0.603. The van der Waals surface area contributed by atoms with E-state index in [2.05, 4.69) is 21.2 Å². The Morgan fingerprint density at radius 2 is 2.10 bits per heavy atom. The van der Waals surface area contributed by atoms with Crippen molar-refractivity contribution in [3.63, 3.8) is 0 Å². The molecule has 0 aliphatic carbocycles. The van der Waals surface area contributed by atoms with Crippen LogP contribution in [0, 0.1) is 6.92 Å². The van der Waals surface area contributed by atoms with Gasteiger partial charge in [-0.1, -0.05) is 22.9 Å². The van der Waals surface area contributed by atoms with Gasteiger partial charge in [-0.25, -0.2) is 0 Å². The molecular weight excluding hydrogens is 322 g/mol. The first-order valence-corrected chi connectivity index (χ1v) is 7.55. The zero-order chi connectivity index (χ0) is 15.3. The fraction of sp³-hybridized carbons (Fsp3) is 0.533.